The summed E-state index contributed by atoms with van der Waals surface area (Å²) in [6.07, 6.45) is 5.23. The van der Waals surface area contributed by atoms with Gasteiger partial charge in [-0.05, 0) is 22.4 Å². The average molecular weight is 336 g/mol. The van der Waals surface area contributed by atoms with Crippen LogP contribution in [-0.4, -0.2) is 32.5 Å². The second-order valence-corrected chi connectivity index (χ2v) is 6.31. The van der Waals surface area contributed by atoms with Crippen LogP contribution >= 0.6 is 15.9 Å². The van der Waals surface area contributed by atoms with E-state index in [1.165, 1.54) is 4.68 Å². The highest BCUT2D eigenvalue weighted by Crippen LogP contribution is 2.15. The summed E-state index contributed by atoms with van der Waals surface area (Å²) in [7, 11) is -0.841. The Morgan fingerprint density at radius 3 is 2.89 bits per heavy atom. The second kappa shape index (κ2) is 7.68. The zero-order chi connectivity index (χ0) is 13.5. The molecule has 5 nitrogen and oxygen atoms in total. The van der Waals surface area contributed by atoms with Crippen LogP contribution in [-0.2, 0) is 17.3 Å². The minimum Gasteiger partial charge on any atom is -0.382 e. The molecule has 0 aliphatic rings. The van der Waals surface area contributed by atoms with E-state index in [2.05, 4.69) is 33.3 Å². The van der Waals surface area contributed by atoms with Crippen molar-refractivity contribution in [1.82, 2.24) is 9.78 Å². The van der Waals surface area contributed by atoms with Gasteiger partial charge in [-0.1, -0.05) is 13.3 Å². The van der Waals surface area contributed by atoms with Crippen molar-refractivity contribution in [2.24, 2.45) is 0 Å². The van der Waals surface area contributed by atoms with E-state index >= 15 is 0 Å². The highest BCUT2D eigenvalue weighted by atomic mass is 79.9. The molecule has 0 aliphatic heterocycles. The number of unbranched alkanes of at least 4 members (excludes halogenated alkanes) is 1. The molecule has 18 heavy (non-hydrogen) atoms. The number of anilines is 1. The van der Waals surface area contributed by atoms with Crippen LogP contribution in [0, 0.1) is 0 Å². The molecule has 7 heteroatoms. The lowest BCUT2D eigenvalue weighted by Gasteiger charge is -2.09. The van der Waals surface area contributed by atoms with Crippen molar-refractivity contribution in [2.75, 3.05) is 23.9 Å². The number of aromatic nitrogens is 2. The van der Waals surface area contributed by atoms with Crippen molar-refractivity contribution < 1.29 is 4.21 Å². The smallest absolute Gasteiger partial charge is 0.283 e. The first-order valence-electron chi connectivity index (χ1n) is 5.85. The molecule has 1 heterocycles. The van der Waals surface area contributed by atoms with E-state index in [1.807, 2.05) is 0 Å². The number of rotatable bonds is 7. The second-order valence-electron chi connectivity index (χ2n) is 3.96. The molecule has 0 radical (unpaired) electrons. The third-order valence-electron chi connectivity index (χ3n) is 2.41. The van der Waals surface area contributed by atoms with Gasteiger partial charge in [0.1, 0.15) is 4.47 Å². The van der Waals surface area contributed by atoms with Gasteiger partial charge in [0.2, 0.25) is 0 Å². The number of hydrogen-bond acceptors (Lipinski definition) is 4. The minimum atomic E-state index is -0.841. The Balaban J connectivity index is 2.74. The molecule has 0 bridgehead atoms. The molecule has 1 unspecified atom stereocenters. The third kappa shape index (κ3) is 4.53. The lowest BCUT2D eigenvalue weighted by Crippen LogP contribution is -2.25. The summed E-state index contributed by atoms with van der Waals surface area (Å²) in [5.74, 6) is 0.547. The summed E-state index contributed by atoms with van der Waals surface area (Å²) in [6.45, 7) is 3.26. The molecule has 0 aliphatic carbocycles. The molecule has 1 N–H and O–H groups in total. The average Bonchev–Trinajstić information content (AvgIpc) is 2.33. The van der Waals surface area contributed by atoms with Gasteiger partial charge in [0.15, 0.2) is 0 Å². The first kappa shape index (κ1) is 15.4. The molecular formula is C11H18BrN3O2S. The molecule has 0 aromatic carbocycles. The monoisotopic (exact) mass is 335 g/mol. The summed E-state index contributed by atoms with van der Waals surface area (Å²) in [6, 6.07) is 0. The molecule has 0 fully saturated rings. The lowest BCUT2D eigenvalue weighted by molar-refractivity contribution is 0.541. The first-order valence-corrected chi connectivity index (χ1v) is 8.37. The van der Waals surface area contributed by atoms with Crippen LogP contribution in [0.4, 0.5) is 5.69 Å². The molecule has 102 valence electrons. The van der Waals surface area contributed by atoms with E-state index in [4.69, 9.17) is 0 Å². The van der Waals surface area contributed by atoms with Crippen LogP contribution in [0.2, 0.25) is 0 Å². The normalized spacial score (nSPS) is 12.4. The minimum absolute atomic E-state index is 0.133. The van der Waals surface area contributed by atoms with Crippen molar-refractivity contribution in [3.63, 3.8) is 0 Å². The van der Waals surface area contributed by atoms with Crippen LogP contribution in [0.25, 0.3) is 0 Å². The predicted molar refractivity (Wildman–Crippen MR) is 78.5 cm³/mol. The molecule has 0 saturated heterocycles. The Labute approximate surface area is 118 Å². The molecule has 0 saturated carbocycles. The number of nitrogens with one attached hydrogen (secondary N) is 1. The summed E-state index contributed by atoms with van der Waals surface area (Å²) in [5, 5.41) is 7.16. The van der Waals surface area contributed by atoms with Crippen molar-refractivity contribution in [3.05, 3.63) is 21.0 Å². The maximum atomic E-state index is 11.9. The SMILES string of the molecule is CCCCn1ncc(NCCS(C)=O)c(Br)c1=O. The van der Waals surface area contributed by atoms with Gasteiger partial charge in [0.25, 0.3) is 5.56 Å². The van der Waals surface area contributed by atoms with E-state index in [1.54, 1.807) is 12.5 Å². The Kier molecular flexibility index (Phi) is 6.56. The van der Waals surface area contributed by atoms with Crippen molar-refractivity contribution in [3.8, 4) is 0 Å². The predicted octanol–water partition coefficient (Wildman–Crippen LogP) is 1.60. The zero-order valence-corrected chi connectivity index (χ0v) is 13.0. The van der Waals surface area contributed by atoms with Crippen molar-refractivity contribution in [2.45, 2.75) is 26.3 Å². The van der Waals surface area contributed by atoms with Gasteiger partial charge in [0.05, 0.1) is 11.9 Å². The summed E-state index contributed by atoms with van der Waals surface area (Å²) in [4.78, 5) is 11.9. The third-order valence-corrected chi connectivity index (χ3v) is 3.96. The first-order chi connectivity index (χ1) is 8.56. The highest BCUT2D eigenvalue weighted by molar-refractivity contribution is 9.10. The fourth-order valence-electron chi connectivity index (χ4n) is 1.38. The van der Waals surface area contributed by atoms with Gasteiger partial charge in [-0.15, -0.1) is 0 Å². The van der Waals surface area contributed by atoms with Crippen molar-refractivity contribution >= 4 is 32.4 Å². The molecule has 1 atom stereocenters. The van der Waals surface area contributed by atoms with E-state index in [-0.39, 0.29) is 5.56 Å². The number of nitrogens with zero attached hydrogens (tertiary/aromatic N) is 2. The topological polar surface area (TPSA) is 64.0 Å². The quantitative estimate of drug-likeness (QED) is 0.821. The fraction of sp³-hybridized carbons (Fsp3) is 0.636. The van der Waals surface area contributed by atoms with Crippen LogP contribution < -0.4 is 10.9 Å². The van der Waals surface area contributed by atoms with Crippen molar-refractivity contribution in [1.29, 1.82) is 0 Å². The molecule has 1 rings (SSSR count). The van der Waals surface area contributed by atoms with Gasteiger partial charge >= 0.3 is 0 Å². The largest absolute Gasteiger partial charge is 0.382 e. The fourth-order valence-corrected chi connectivity index (χ4v) is 2.22. The van der Waals surface area contributed by atoms with Gasteiger partial charge < -0.3 is 5.32 Å². The van der Waals surface area contributed by atoms with Crippen LogP contribution in [0.3, 0.4) is 0 Å². The molecule has 1 aromatic heterocycles. The van der Waals surface area contributed by atoms with E-state index < -0.39 is 10.8 Å². The zero-order valence-electron chi connectivity index (χ0n) is 10.6. The summed E-state index contributed by atoms with van der Waals surface area (Å²) < 4.78 is 12.9. The van der Waals surface area contributed by atoms with E-state index in [9.17, 15) is 9.00 Å². The van der Waals surface area contributed by atoms with E-state index in [0.717, 1.165) is 12.8 Å². The van der Waals surface area contributed by atoms with E-state index in [0.29, 0.717) is 29.0 Å². The van der Waals surface area contributed by atoms with Gasteiger partial charge in [-0.2, -0.15) is 5.10 Å². The van der Waals surface area contributed by atoms with Gasteiger partial charge in [-0.25, -0.2) is 4.68 Å². The maximum Gasteiger partial charge on any atom is 0.283 e. The highest BCUT2D eigenvalue weighted by Gasteiger charge is 2.08. The number of hydrogen-bond donors (Lipinski definition) is 1. The Morgan fingerprint density at radius 2 is 2.28 bits per heavy atom. The molecule has 0 amide bonds. The van der Waals surface area contributed by atoms with Crippen LogP contribution in [0.5, 0.6) is 0 Å². The standard InChI is InChI=1S/C11H18BrN3O2S/c1-3-4-6-15-11(16)10(12)9(8-14-15)13-5-7-18(2)17/h8,13H,3-7H2,1-2H3. The van der Waals surface area contributed by atoms with Crippen LogP contribution in [0.15, 0.2) is 15.5 Å². The summed E-state index contributed by atoms with van der Waals surface area (Å²) in [5.41, 5.74) is 0.518. The Bertz CT molecular complexity index is 476. The van der Waals surface area contributed by atoms with Gasteiger partial charge in [0, 0.05) is 35.9 Å². The molecular weight excluding hydrogens is 318 g/mol. The lowest BCUT2D eigenvalue weighted by atomic mass is 10.3. The number of halogens is 1. The number of aryl methyl sites for hydroxylation is 1. The molecule has 0 spiro atoms. The van der Waals surface area contributed by atoms with Crippen LogP contribution in [0.1, 0.15) is 19.8 Å². The maximum absolute atomic E-state index is 11.9. The Morgan fingerprint density at radius 1 is 1.56 bits per heavy atom. The van der Waals surface area contributed by atoms with Gasteiger partial charge in [-0.3, -0.25) is 9.00 Å². The Hall–Kier alpha value is -0.690. The molecule has 1 aromatic rings. The summed E-state index contributed by atoms with van der Waals surface area (Å²) >= 11 is 3.28.